The number of hydrogen-bond donors (Lipinski definition) is 1. The van der Waals surface area contributed by atoms with Crippen molar-refractivity contribution in [1.29, 1.82) is 0 Å². The van der Waals surface area contributed by atoms with Gasteiger partial charge in [-0.2, -0.15) is 10.1 Å². The zero-order valence-corrected chi connectivity index (χ0v) is 24.5. The predicted molar refractivity (Wildman–Crippen MR) is 157 cm³/mol. The van der Waals surface area contributed by atoms with Crippen molar-refractivity contribution in [2.45, 2.75) is 65.0 Å². The van der Waals surface area contributed by atoms with Crippen LogP contribution in [0, 0.1) is 11.7 Å². The molecule has 4 atom stereocenters. The molecule has 0 saturated carbocycles. The molecule has 0 fully saturated rings. The second-order valence-electron chi connectivity index (χ2n) is 11.2. The fourth-order valence-corrected chi connectivity index (χ4v) is 5.65. The van der Waals surface area contributed by atoms with Gasteiger partial charge in [0.2, 0.25) is 5.91 Å². The molecule has 40 heavy (non-hydrogen) atoms. The van der Waals surface area contributed by atoms with Gasteiger partial charge in [0.15, 0.2) is 0 Å². The van der Waals surface area contributed by atoms with Crippen LogP contribution in [0.1, 0.15) is 57.6 Å². The maximum atomic E-state index is 15.4. The van der Waals surface area contributed by atoms with E-state index in [1.54, 1.807) is 6.07 Å². The zero-order chi connectivity index (χ0) is 29.0. The molecule has 4 rings (SSSR count). The van der Waals surface area contributed by atoms with Crippen LogP contribution in [0.25, 0.3) is 11.1 Å². The molecule has 0 saturated heterocycles. The molecule has 2 aliphatic rings. The van der Waals surface area contributed by atoms with Crippen molar-refractivity contribution < 1.29 is 18.7 Å². The quantitative estimate of drug-likeness (QED) is 0.412. The summed E-state index contributed by atoms with van der Waals surface area (Å²) in [5.74, 6) is -0.656. The summed E-state index contributed by atoms with van der Waals surface area (Å²) < 4.78 is 20.9. The van der Waals surface area contributed by atoms with Crippen LogP contribution in [0.15, 0.2) is 41.5 Å². The molecule has 4 unspecified atom stereocenters. The molecule has 0 aliphatic carbocycles. The van der Waals surface area contributed by atoms with E-state index in [-0.39, 0.29) is 36.1 Å². The number of nitrogens with zero attached hydrogens (tertiary/aromatic N) is 4. The van der Waals surface area contributed by atoms with Crippen molar-refractivity contribution in [2.24, 2.45) is 11.0 Å². The van der Waals surface area contributed by atoms with E-state index in [4.69, 9.17) is 4.74 Å². The Morgan fingerprint density at radius 2 is 1.93 bits per heavy atom. The fraction of sp³-hybridized carbons (Fsp3) is 0.516. The minimum absolute atomic E-state index is 0.0382. The van der Waals surface area contributed by atoms with Gasteiger partial charge >= 0.3 is 5.97 Å². The first kappa shape index (κ1) is 29.5. The summed E-state index contributed by atoms with van der Waals surface area (Å²) in [4.78, 5) is 25.3. The second-order valence-corrected chi connectivity index (χ2v) is 11.2. The van der Waals surface area contributed by atoms with E-state index >= 15 is 4.39 Å². The summed E-state index contributed by atoms with van der Waals surface area (Å²) in [7, 11) is 4.00. The van der Waals surface area contributed by atoms with Crippen molar-refractivity contribution in [3.63, 3.8) is 0 Å². The van der Waals surface area contributed by atoms with Crippen molar-refractivity contribution >= 4 is 23.8 Å². The fourth-order valence-electron chi connectivity index (χ4n) is 5.65. The van der Waals surface area contributed by atoms with Crippen LogP contribution in [0.2, 0.25) is 0 Å². The Labute approximate surface area is 237 Å². The number of nitrogens with one attached hydrogen (secondary N) is 1. The number of amides is 1. The Kier molecular flexibility index (Phi) is 9.45. The van der Waals surface area contributed by atoms with Gasteiger partial charge in [-0.15, -0.1) is 0 Å². The molecule has 1 N–H and O–H groups in total. The second kappa shape index (κ2) is 12.8. The van der Waals surface area contributed by atoms with Crippen LogP contribution in [0.4, 0.5) is 10.1 Å². The molecular formula is C31H42FN5O3. The molecule has 9 heteroatoms. The van der Waals surface area contributed by atoms with Crippen LogP contribution >= 0.6 is 0 Å². The minimum atomic E-state index is -0.428. The lowest BCUT2D eigenvalue weighted by Crippen LogP contribution is -2.38. The van der Waals surface area contributed by atoms with Gasteiger partial charge in [0, 0.05) is 58.5 Å². The third kappa shape index (κ3) is 6.99. The topological polar surface area (TPSA) is 77.5 Å². The number of esters is 1. The summed E-state index contributed by atoms with van der Waals surface area (Å²) in [5.41, 5.74) is 4.87. The molecule has 0 spiro atoms. The molecule has 2 aliphatic heterocycles. The first-order valence-corrected chi connectivity index (χ1v) is 14.1. The predicted octanol–water partition coefficient (Wildman–Crippen LogP) is 4.59. The number of hydrazine groups is 1. The largest absolute Gasteiger partial charge is 0.461 e. The zero-order valence-electron chi connectivity index (χ0n) is 24.5. The van der Waals surface area contributed by atoms with Crippen molar-refractivity contribution in [3.05, 3.63) is 53.3 Å². The number of halogens is 1. The molecular weight excluding hydrogens is 509 g/mol. The van der Waals surface area contributed by atoms with Crippen LogP contribution in [0.3, 0.4) is 0 Å². The highest BCUT2D eigenvalue weighted by molar-refractivity contribution is 5.73. The molecule has 0 radical (unpaired) electrons. The van der Waals surface area contributed by atoms with Crippen LogP contribution in [-0.2, 0) is 20.7 Å². The molecule has 2 aromatic rings. The molecule has 2 heterocycles. The number of fused-ring (bicyclic) bond motifs is 1. The lowest BCUT2D eigenvalue weighted by atomic mass is 9.84. The van der Waals surface area contributed by atoms with Crippen molar-refractivity contribution in [2.75, 3.05) is 38.6 Å². The highest BCUT2D eigenvalue weighted by Gasteiger charge is 2.26. The smallest absolute Gasteiger partial charge is 0.302 e. The van der Waals surface area contributed by atoms with E-state index in [0.29, 0.717) is 18.0 Å². The van der Waals surface area contributed by atoms with E-state index in [2.05, 4.69) is 53.4 Å². The molecule has 216 valence electrons. The molecule has 2 aromatic carbocycles. The minimum Gasteiger partial charge on any atom is -0.461 e. The van der Waals surface area contributed by atoms with E-state index in [1.165, 1.54) is 25.1 Å². The number of rotatable bonds is 11. The third-order valence-corrected chi connectivity index (χ3v) is 8.34. The van der Waals surface area contributed by atoms with Gasteiger partial charge in [-0.3, -0.25) is 9.59 Å². The summed E-state index contributed by atoms with van der Waals surface area (Å²) in [6.07, 6.45) is 4.08. The average molecular weight is 552 g/mol. The monoisotopic (exact) mass is 551 g/mol. The van der Waals surface area contributed by atoms with Crippen molar-refractivity contribution in [3.8, 4) is 11.1 Å². The van der Waals surface area contributed by atoms with Gasteiger partial charge in [-0.05, 0) is 66.0 Å². The summed E-state index contributed by atoms with van der Waals surface area (Å²) in [5, 5.41) is 11.1. The Hall–Kier alpha value is -3.46. The highest BCUT2D eigenvalue weighted by Crippen LogP contribution is 2.35. The van der Waals surface area contributed by atoms with Crippen LogP contribution < -0.4 is 10.2 Å². The van der Waals surface area contributed by atoms with E-state index in [1.807, 2.05) is 36.6 Å². The first-order valence-electron chi connectivity index (χ1n) is 14.1. The standard InChI is InChI=1S/C31H42FN5O3/c1-20(15-28(40-23(4)39)19-33-22(3)38)21(2)24-7-9-29(30(32)17-24)25-8-10-31-26(16-25)11-13-37(31)14-12-27-18-34-36(6)35(27)5/h7-10,16-18,20-21,27-28H,11-15,19H2,1-6H3,(H,33,38). The van der Waals surface area contributed by atoms with Crippen LogP contribution in [-0.4, -0.2) is 74.1 Å². The van der Waals surface area contributed by atoms with Gasteiger partial charge in [-0.25, -0.2) is 9.51 Å². The highest BCUT2D eigenvalue weighted by atomic mass is 19.1. The van der Waals surface area contributed by atoms with Gasteiger partial charge in [0.1, 0.15) is 11.9 Å². The normalized spacial score (nSPS) is 18.9. The van der Waals surface area contributed by atoms with Gasteiger partial charge in [0.05, 0.1) is 12.6 Å². The van der Waals surface area contributed by atoms with E-state index in [0.717, 1.165) is 37.1 Å². The molecule has 1 amide bonds. The number of hydrazone groups is 1. The number of hydrogen-bond acceptors (Lipinski definition) is 7. The van der Waals surface area contributed by atoms with Gasteiger partial charge in [-0.1, -0.05) is 32.0 Å². The SMILES string of the molecule is CC(=O)NCC(CC(C)C(C)c1ccc(-c2ccc3c(c2)CCN3CCC2C=NN(C)N2C)c(F)c1)OC(C)=O. The Morgan fingerprint density at radius 3 is 2.58 bits per heavy atom. The summed E-state index contributed by atoms with van der Waals surface area (Å²) >= 11 is 0. The third-order valence-electron chi connectivity index (χ3n) is 8.34. The number of benzene rings is 2. The molecule has 8 nitrogen and oxygen atoms in total. The summed E-state index contributed by atoms with van der Waals surface area (Å²) in [6.45, 7) is 9.09. The Bertz CT molecular complexity index is 1250. The summed E-state index contributed by atoms with van der Waals surface area (Å²) in [6, 6.07) is 12.1. The lowest BCUT2D eigenvalue weighted by Gasteiger charge is -2.26. The molecule has 0 bridgehead atoms. The van der Waals surface area contributed by atoms with Gasteiger partial charge in [0.25, 0.3) is 0 Å². The molecule has 0 aromatic heterocycles. The maximum absolute atomic E-state index is 15.4. The van der Waals surface area contributed by atoms with Gasteiger partial charge < -0.3 is 15.0 Å². The first-order chi connectivity index (χ1) is 19.0. The Balaban J connectivity index is 1.41. The lowest BCUT2D eigenvalue weighted by molar-refractivity contribution is -0.147. The van der Waals surface area contributed by atoms with E-state index < -0.39 is 6.10 Å². The van der Waals surface area contributed by atoms with Crippen LogP contribution in [0.5, 0.6) is 0 Å². The van der Waals surface area contributed by atoms with E-state index in [9.17, 15) is 9.59 Å². The average Bonchev–Trinajstić information content (AvgIpc) is 3.46. The van der Waals surface area contributed by atoms with Crippen molar-refractivity contribution in [1.82, 2.24) is 15.4 Å². The number of ether oxygens (including phenoxy) is 1. The Morgan fingerprint density at radius 1 is 1.15 bits per heavy atom. The number of anilines is 1. The maximum Gasteiger partial charge on any atom is 0.302 e. The number of carbonyl (C=O) groups is 2. The number of carbonyl (C=O) groups excluding carboxylic acids is 2.